The molecule has 0 fully saturated rings. The van der Waals surface area contributed by atoms with Crippen LogP contribution in [-0.2, 0) is 0 Å². The summed E-state index contributed by atoms with van der Waals surface area (Å²) in [6, 6.07) is 8.76. The third-order valence-corrected chi connectivity index (χ3v) is 5.96. The van der Waals surface area contributed by atoms with Gasteiger partial charge in [-0.2, -0.15) is 23.5 Å². The molecule has 0 heterocycles. The molecular formula is C12H18S4. The average Bonchev–Trinajstić information content (AvgIpc) is 2.32. The lowest BCUT2D eigenvalue weighted by Gasteiger charge is -2.07. The fourth-order valence-corrected chi connectivity index (χ4v) is 4.72. The van der Waals surface area contributed by atoms with Gasteiger partial charge in [-0.3, -0.25) is 0 Å². The molecule has 0 radical (unpaired) electrons. The predicted molar refractivity (Wildman–Crippen MR) is 84.7 cm³/mol. The molecule has 0 saturated heterocycles. The highest BCUT2D eigenvalue weighted by Gasteiger charge is 2.02. The van der Waals surface area contributed by atoms with Crippen molar-refractivity contribution in [3.8, 4) is 0 Å². The number of benzene rings is 1. The molecule has 0 aromatic heterocycles. The van der Waals surface area contributed by atoms with E-state index in [-0.39, 0.29) is 0 Å². The highest BCUT2D eigenvalue weighted by atomic mass is 32.2. The zero-order chi connectivity index (χ0) is 11.6. The van der Waals surface area contributed by atoms with Crippen LogP contribution in [-0.4, -0.2) is 35.5 Å². The van der Waals surface area contributed by atoms with E-state index in [4.69, 9.17) is 0 Å². The molecule has 90 valence electrons. The van der Waals surface area contributed by atoms with E-state index in [2.05, 4.69) is 36.8 Å². The first-order chi connectivity index (χ1) is 7.88. The Kier molecular flexibility index (Phi) is 8.84. The van der Waals surface area contributed by atoms with Crippen LogP contribution < -0.4 is 0 Å². The van der Waals surface area contributed by atoms with E-state index in [9.17, 15) is 0 Å². The van der Waals surface area contributed by atoms with Crippen molar-refractivity contribution >= 4 is 47.0 Å². The number of hydrogen-bond acceptors (Lipinski definition) is 4. The van der Waals surface area contributed by atoms with E-state index < -0.39 is 0 Å². The second-order valence-corrected chi connectivity index (χ2v) is 7.37. The van der Waals surface area contributed by atoms with Crippen LogP contribution in [0.4, 0.5) is 0 Å². The lowest BCUT2D eigenvalue weighted by atomic mass is 10.4. The average molecular weight is 291 g/mol. The maximum Gasteiger partial charge on any atom is 0.0208 e. The van der Waals surface area contributed by atoms with Gasteiger partial charge in [0.15, 0.2) is 0 Å². The normalized spacial score (nSPS) is 10.6. The Morgan fingerprint density at radius 3 is 1.56 bits per heavy atom. The minimum Gasteiger partial charge on any atom is -0.165 e. The Hall–Kier alpha value is 0.620. The highest BCUT2D eigenvalue weighted by molar-refractivity contribution is 8.04. The summed E-state index contributed by atoms with van der Waals surface area (Å²) < 4.78 is 0. The Labute approximate surface area is 116 Å². The monoisotopic (exact) mass is 290 g/mol. The van der Waals surface area contributed by atoms with Gasteiger partial charge in [-0.25, -0.2) is 0 Å². The molecule has 0 unspecified atom stereocenters. The molecule has 0 amide bonds. The first kappa shape index (κ1) is 14.7. The summed E-state index contributed by atoms with van der Waals surface area (Å²) >= 11 is 7.80. The molecule has 0 aliphatic rings. The third-order valence-electron chi connectivity index (χ3n) is 1.94. The Bertz CT molecular complexity index is 259. The molecule has 1 rings (SSSR count). The number of rotatable bonds is 8. The van der Waals surface area contributed by atoms with Gasteiger partial charge in [0.2, 0.25) is 0 Å². The predicted octanol–water partition coefficient (Wildman–Crippen LogP) is 4.60. The smallest absolute Gasteiger partial charge is 0.0208 e. The third kappa shape index (κ3) is 5.80. The summed E-state index contributed by atoms with van der Waals surface area (Å²) in [6.07, 6.45) is 4.33. The van der Waals surface area contributed by atoms with Crippen LogP contribution in [0.15, 0.2) is 34.1 Å². The Morgan fingerprint density at radius 2 is 1.19 bits per heavy atom. The minimum atomic E-state index is 1.21. The van der Waals surface area contributed by atoms with Crippen LogP contribution >= 0.6 is 47.0 Å². The maximum absolute atomic E-state index is 2.24. The van der Waals surface area contributed by atoms with Crippen LogP contribution in [0.5, 0.6) is 0 Å². The second kappa shape index (κ2) is 9.63. The summed E-state index contributed by atoms with van der Waals surface area (Å²) in [5, 5.41) is 0. The van der Waals surface area contributed by atoms with Crippen molar-refractivity contribution in [3.63, 3.8) is 0 Å². The molecule has 0 bridgehead atoms. The van der Waals surface area contributed by atoms with Crippen molar-refractivity contribution < 1.29 is 0 Å². The van der Waals surface area contributed by atoms with Gasteiger partial charge in [0.25, 0.3) is 0 Å². The van der Waals surface area contributed by atoms with E-state index in [0.717, 1.165) is 0 Å². The lowest BCUT2D eigenvalue weighted by molar-refractivity contribution is 1.24. The maximum atomic E-state index is 2.24. The van der Waals surface area contributed by atoms with Crippen molar-refractivity contribution in [3.05, 3.63) is 24.3 Å². The topological polar surface area (TPSA) is 0 Å². The van der Waals surface area contributed by atoms with Gasteiger partial charge in [0.1, 0.15) is 0 Å². The largest absolute Gasteiger partial charge is 0.165 e. The van der Waals surface area contributed by atoms with Gasteiger partial charge in [-0.05, 0) is 24.6 Å². The SMILES string of the molecule is CSCCSc1ccccc1SCCSC. The van der Waals surface area contributed by atoms with E-state index in [1.54, 1.807) is 0 Å². The van der Waals surface area contributed by atoms with E-state index in [0.29, 0.717) is 0 Å². The Morgan fingerprint density at radius 1 is 0.750 bits per heavy atom. The summed E-state index contributed by atoms with van der Waals surface area (Å²) in [4.78, 5) is 2.89. The van der Waals surface area contributed by atoms with Gasteiger partial charge < -0.3 is 0 Å². The molecule has 0 nitrogen and oxygen atoms in total. The molecule has 0 N–H and O–H groups in total. The summed E-state index contributed by atoms with van der Waals surface area (Å²) in [7, 11) is 0. The lowest BCUT2D eigenvalue weighted by Crippen LogP contribution is -1.87. The van der Waals surface area contributed by atoms with Crippen LogP contribution in [0, 0.1) is 0 Å². The van der Waals surface area contributed by atoms with E-state index in [1.807, 2.05) is 47.0 Å². The summed E-state index contributed by atoms with van der Waals surface area (Å²) in [5.74, 6) is 4.88. The molecule has 16 heavy (non-hydrogen) atoms. The highest BCUT2D eigenvalue weighted by Crippen LogP contribution is 2.31. The molecule has 0 saturated carbocycles. The molecule has 1 aromatic rings. The zero-order valence-corrected chi connectivity index (χ0v) is 13.0. The standard InChI is InChI=1S/C12H18S4/c1-13-7-9-15-11-5-3-4-6-12(11)16-10-8-14-2/h3-6H,7-10H2,1-2H3. The van der Waals surface area contributed by atoms with Gasteiger partial charge in [-0.15, -0.1) is 23.5 Å². The summed E-state index contributed by atoms with van der Waals surface area (Å²) in [5.41, 5.74) is 0. The molecular weight excluding hydrogens is 272 g/mol. The van der Waals surface area contributed by atoms with Crippen molar-refractivity contribution in [1.82, 2.24) is 0 Å². The molecule has 1 aromatic carbocycles. The minimum absolute atomic E-state index is 1.21. The number of thioether (sulfide) groups is 4. The van der Waals surface area contributed by atoms with Gasteiger partial charge in [-0.1, -0.05) is 12.1 Å². The first-order valence-corrected chi connectivity index (χ1v) is 9.97. The van der Waals surface area contributed by atoms with Crippen LogP contribution in [0.2, 0.25) is 0 Å². The quantitative estimate of drug-likeness (QED) is 0.507. The van der Waals surface area contributed by atoms with Gasteiger partial charge >= 0.3 is 0 Å². The molecule has 0 spiro atoms. The molecule has 0 atom stereocenters. The first-order valence-electron chi connectivity index (χ1n) is 5.21. The van der Waals surface area contributed by atoms with Gasteiger partial charge in [0, 0.05) is 32.8 Å². The molecule has 0 aliphatic heterocycles. The van der Waals surface area contributed by atoms with Crippen LogP contribution in [0.3, 0.4) is 0 Å². The zero-order valence-electron chi connectivity index (χ0n) is 9.77. The van der Waals surface area contributed by atoms with Crippen molar-refractivity contribution in [1.29, 1.82) is 0 Å². The molecule has 4 heteroatoms. The fourth-order valence-electron chi connectivity index (χ4n) is 1.16. The fraction of sp³-hybridized carbons (Fsp3) is 0.500. The van der Waals surface area contributed by atoms with Crippen LogP contribution in [0.25, 0.3) is 0 Å². The van der Waals surface area contributed by atoms with Crippen molar-refractivity contribution in [2.45, 2.75) is 9.79 Å². The van der Waals surface area contributed by atoms with Crippen molar-refractivity contribution in [2.75, 3.05) is 35.5 Å². The van der Waals surface area contributed by atoms with Crippen molar-refractivity contribution in [2.24, 2.45) is 0 Å². The Balaban J connectivity index is 2.46. The molecule has 0 aliphatic carbocycles. The van der Waals surface area contributed by atoms with Crippen LogP contribution in [0.1, 0.15) is 0 Å². The second-order valence-electron chi connectivity index (χ2n) is 3.13. The number of hydrogen-bond donors (Lipinski definition) is 0. The van der Waals surface area contributed by atoms with E-state index >= 15 is 0 Å². The van der Waals surface area contributed by atoms with E-state index in [1.165, 1.54) is 32.8 Å². The summed E-state index contributed by atoms with van der Waals surface area (Å²) in [6.45, 7) is 0. The van der Waals surface area contributed by atoms with Gasteiger partial charge in [0.05, 0.1) is 0 Å².